The van der Waals surface area contributed by atoms with Crippen molar-refractivity contribution in [3.05, 3.63) is 29.3 Å². The zero-order valence-electron chi connectivity index (χ0n) is 7.90. The summed E-state index contributed by atoms with van der Waals surface area (Å²) in [6.45, 7) is 1.66. The van der Waals surface area contributed by atoms with Crippen LogP contribution in [-0.2, 0) is 0 Å². The van der Waals surface area contributed by atoms with Gasteiger partial charge < -0.3 is 5.11 Å². The van der Waals surface area contributed by atoms with Crippen LogP contribution in [0.25, 0.3) is 0 Å². The van der Waals surface area contributed by atoms with Crippen LogP contribution in [0.5, 0.6) is 0 Å². The summed E-state index contributed by atoms with van der Waals surface area (Å²) >= 11 is 7.15. The summed E-state index contributed by atoms with van der Waals surface area (Å²) in [7, 11) is 0. The third-order valence-corrected chi connectivity index (χ3v) is 2.55. The number of hydrogen-bond donors (Lipinski definition) is 2. The standard InChI is InChI=1S/C10H9BrO3S/c1-5(11)9(12)7-3-2-6(15)4-8(7)10(13)14/h2-5,15H,1H3,(H,13,14). The van der Waals surface area contributed by atoms with Gasteiger partial charge in [-0.2, -0.15) is 0 Å². The van der Waals surface area contributed by atoms with E-state index < -0.39 is 10.8 Å². The molecule has 0 heterocycles. The maximum Gasteiger partial charge on any atom is 0.336 e. The van der Waals surface area contributed by atoms with Crippen molar-refractivity contribution in [3.8, 4) is 0 Å². The Morgan fingerprint density at radius 2 is 2.00 bits per heavy atom. The molecule has 0 bridgehead atoms. The number of benzene rings is 1. The first-order chi connectivity index (χ1) is 6.93. The first-order valence-electron chi connectivity index (χ1n) is 4.18. The van der Waals surface area contributed by atoms with E-state index in [9.17, 15) is 9.59 Å². The lowest BCUT2D eigenvalue weighted by Crippen LogP contribution is -2.15. The number of aromatic carboxylic acids is 1. The Morgan fingerprint density at radius 3 is 2.47 bits per heavy atom. The first kappa shape index (κ1) is 12.3. The second-order valence-electron chi connectivity index (χ2n) is 3.02. The van der Waals surface area contributed by atoms with Crippen LogP contribution < -0.4 is 0 Å². The van der Waals surface area contributed by atoms with Crippen LogP contribution in [-0.4, -0.2) is 21.7 Å². The van der Waals surface area contributed by atoms with E-state index >= 15 is 0 Å². The van der Waals surface area contributed by atoms with E-state index in [2.05, 4.69) is 28.6 Å². The molecule has 0 saturated carbocycles. The molecule has 80 valence electrons. The van der Waals surface area contributed by atoms with Crippen LogP contribution >= 0.6 is 28.6 Å². The Kier molecular flexibility index (Phi) is 3.93. The van der Waals surface area contributed by atoms with Gasteiger partial charge in [0.2, 0.25) is 0 Å². The van der Waals surface area contributed by atoms with Crippen molar-refractivity contribution >= 4 is 40.3 Å². The Labute approximate surface area is 101 Å². The molecule has 0 aliphatic carbocycles. The minimum absolute atomic E-state index is 0.0150. The van der Waals surface area contributed by atoms with Gasteiger partial charge >= 0.3 is 5.97 Å². The molecule has 3 nitrogen and oxygen atoms in total. The lowest BCUT2D eigenvalue weighted by atomic mass is 10.0. The highest BCUT2D eigenvalue weighted by Gasteiger charge is 2.19. The smallest absolute Gasteiger partial charge is 0.336 e. The minimum Gasteiger partial charge on any atom is -0.478 e. The van der Waals surface area contributed by atoms with Crippen LogP contribution in [0.2, 0.25) is 0 Å². The molecule has 0 spiro atoms. The molecule has 1 N–H and O–H groups in total. The van der Waals surface area contributed by atoms with E-state index in [4.69, 9.17) is 5.11 Å². The molecule has 0 amide bonds. The van der Waals surface area contributed by atoms with Crippen molar-refractivity contribution in [1.29, 1.82) is 0 Å². The number of halogens is 1. The third kappa shape index (κ3) is 2.82. The van der Waals surface area contributed by atoms with Gasteiger partial charge in [0.15, 0.2) is 5.78 Å². The van der Waals surface area contributed by atoms with E-state index in [0.717, 1.165) is 0 Å². The fraction of sp³-hybridized carbons (Fsp3) is 0.200. The fourth-order valence-corrected chi connectivity index (χ4v) is 1.59. The molecular weight excluding hydrogens is 280 g/mol. The number of thiol groups is 1. The Balaban J connectivity index is 3.29. The normalized spacial score (nSPS) is 12.2. The molecule has 5 heteroatoms. The highest BCUT2D eigenvalue weighted by atomic mass is 79.9. The zero-order valence-corrected chi connectivity index (χ0v) is 10.4. The van der Waals surface area contributed by atoms with Gasteiger partial charge in [0, 0.05) is 10.5 Å². The van der Waals surface area contributed by atoms with Gasteiger partial charge in [0.1, 0.15) is 0 Å². The van der Waals surface area contributed by atoms with E-state index in [-0.39, 0.29) is 16.9 Å². The van der Waals surface area contributed by atoms with E-state index in [0.29, 0.717) is 4.90 Å². The Hall–Kier alpha value is -0.810. The summed E-state index contributed by atoms with van der Waals surface area (Å²) in [6.07, 6.45) is 0. The summed E-state index contributed by atoms with van der Waals surface area (Å²) in [5, 5.41) is 8.92. The Bertz CT molecular complexity index is 415. The summed E-state index contributed by atoms with van der Waals surface area (Å²) in [6, 6.07) is 4.44. The number of carboxylic acids is 1. The van der Waals surface area contributed by atoms with E-state index in [1.807, 2.05) is 0 Å². The van der Waals surface area contributed by atoms with Crippen molar-refractivity contribution in [3.63, 3.8) is 0 Å². The lowest BCUT2D eigenvalue weighted by molar-refractivity contribution is 0.0692. The number of alkyl halides is 1. The molecule has 15 heavy (non-hydrogen) atoms. The van der Waals surface area contributed by atoms with Crippen molar-refractivity contribution in [2.24, 2.45) is 0 Å². The molecule has 1 atom stereocenters. The SMILES string of the molecule is CC(Br)C(=O)c1ccc(S)cc1C(=O)O. The van der Waals surface area contributed by atoms with Gasteiger partial charge in [-0.05, 0) is 25.1 Å². The summed E-state index contributed by atoms with van der Waals surface area (Å²) in [4.78, 5) is 22.7. The lowest BCUT2D eigenvalue weighted by Gasteiger charge is -2.07. The van der Waals surface area contributed by atoms with E-state index in [1.54, 1.807) is 13.0 Å². The highest BCUT2D eigenvalue weighted by molar-refractivity contribution is 9.10. The molecular formula is C10H9BrO3S. The average molecular weight is 289 g/mol. The largest absolute Gasteiger partial charge is 0.478 e. The number of carbonyl (C=O) groups excluding carboxylic acids is 1. The molecule has 0 fully saturated rings. The first-order valence-corrected chi connectivity index (χ1v) is 5.54. The maximum atomic E-state index is 11.6. The summed E-state index contributed by atoms with van der Waals surface area (Å²) in [5.74, 6) is -1.37. The van der Waals surface area contributed by atoms with Crippen molar-refractivity contribution in [1.82, 2.24) is 0 Å². The number of Topliss-reactive ketones (excluding diaryl/α,β-unsaturated/α-hetero) is 1. The third-order valence-electron chi connectivity index (χ3n) is 1.86. The second-order valence-corrected chi connectivity index (χ2v) is 4.91. The topological polar surface area (TPSA) is 54.4 Å². The predicted molar refractivity (Wildman–Crippen MR) is 63.4 cm³/mol. The zero-order chi connectivity index (χ0) is 11.6. The van der Waals surface area contributed by atoms with Gasteiger partial charge in [0.25, 0.3) is 0 Å². The van der Waals surface area contributed by atoms with Crippen molar-refractivity contribution < 1.29 is 14.7 Å². The molecule has 0 aliphatic heterocycles. The summed E-state index contributed by atoms with van der Waals surface area (Å²) in [5.41, 5.74) is 0.184. The van der Waals surface area contributed by atoms with Crippen LogP contribution in [0.3, 0.4) is 0 Å². The molecule has 1 aromatic carbocycles. The van der Waals surface area contributed by atoms with Crippen molar-refractivity contribution in [2.45, 2.75) is 16.6 Å². The second kappa shape index (κ2) is 4.81. The summed E-state index contributed by atoms with van der Waals surface area (Å²) < 4.78 is 0. The van der Waals surface area contributed by atoms with E-state index in [1.165, 1.54) is 12.1 Å². The van der Waals surface area contributed by atoms with Crippen LogP contribution in [0.1, 0.15) is 27.6 Å². The number of carbonyl (C=O) groups is 2. The van der Waals surface area contributed by atoms with Gasteiger partial charge in [-0.3, -0.25) is 4.79 Å². The molecule has 1 unspecified atom stereocenters. The molecule has 1 aromatic rings. The van der Waals surface area contributed by atoms with Gasteiger partial charge in [-0.1, -0.05) is 15.9 Å². The maximum absolute atomic E-state index is 11.6. The molecule has 0 aliphatic rings. The van der Waals surface area contributed by atoms with Crippen LogP contribution in [0, 0.1) is 0 Å². The minimum atomic E-state index is -1.12. The number of ketones is 1. The monoisotopic (exact) mass is 288 g/mol. The van der Waals surface area contributed by atoms with Crippen LogP contribution in [0.15, 0.2) is 23.1 Å². The number of carboxylic acid groups (broad SMARTS) is 1. The molecule has 0 aromatic heterocycles. The van der Waals surface area contributed by atoms with Crippen LogP contribution in [0.4, 0.5) is 0 Å². The molecule has 0 radical (unpaired) electrons. The molecule has 0 saturated heterocycles. The van der Waals surface area contributed by atoms with Gasteiger partial charge in [-0.25, -0.2) is 4.79 Å². The predicted octanol–water partition coefficient (Wildman–Crippen LogP) is 2.64. The van der Waals surface area contributed by atoms with Gasteiger partial charge in [-0.15, -0.1) is 12.6 Å². The number of rotatable bonds is 3. The Morgan fingerprint density at radius 1 is 1.40 bits per heavy atom. The average Bonchev–Trinajstić information content (AvgIpc) is 2.16. The van der Waals surface area contributed by atoms with Gasteiger partial charge in [0.05, 0.1) is 10.4 Å². The highest BCUT2D eigenvalue weighted by Crippen LogP contribution is 2.18. The number of hydrogen-bond acceptors (Lipinski definition) is 3. The molecule has 1 rings (SSSR count). The van der Waals surface area contributed by atoms with Crippen molar-refractivity contribution in [2.75, 3.05) is 0 Å². The fourth-order valence-electron chi connectivity index (χ4n) is 1.14. The quantitative estimate of drug-likeness (QED) is 0.511.